The van der Waals surface area contributed by atoms with Crippen LogP contribution in [0.3, 0.4) is 0 Å². The summed E-state index contributed by atoms with van der Waals surface area (Å²) in [6.07, 6.45) is 1.37. The lowest BCUT2D eigenvalue weighted by Gasteiger charge is -2.13. The van der Waals surface area contributed by atoms with Gasteiger partial charge in [0, 0.05) is 17.8 Å². The molecular weight excluding hydrogens is 417 g/mol. The number of carbonyl (C=O) groups excluding carboxylic acids is 2. The van der Waals surface area contributed by atoms with E-state index in [4.69, 9.17) is 4.74 Å². The highest BCUT2D eigenvalue weighted by atomic mass is 19.1. The topological polar surface area (TPSA) is 111 Å². The average Bonchev–Trinajstić information content (AvgIpc) is 2.80. The fourth-order valence-corrected chi connectivity index (χ4v) is 2.77. The minimum absolute atomic E-state index is 0.113. The number of rotatable bonds is 7. The van der Waals surface area contributed by atoms with Crippen molar-refractivity contribution in [2.24, 2.45) is 0 Å². The molecule has 0 saturated carbocycles. The lowest BCUT2D eigenvalue weighted by molar-refractivity contribution is -0.384. The van der Waals surface area contributed by atoms with Crippen LogP contribution in [0.15, 0.2) is 78.5 Å². The zero-order valence-electron chi connectivity index (χ0n) is 16.9. The van der Waals surface area contributed by atoms with Crippen LogP contribution in [0.5, 0.6) is 5.75 Å². The van der Waals surface area contributed by atoms with Gasteiger partial charge in [-0.15, -0.1) is 0 Å². The van der Waals surface area contributed by atoms with Crippen LogP contribution in [0.1, 0.15) is 15.9 Å². The Balaban J connectivity index is 1.92. The summed E-state index contributed by atoms with van der Waals surface area (Å²) in [4.78, 5) is 36.0. The molecule has 0 aliphatic carbocycles. The molecule has 8 nitrogen and oxygen atoms in total. The van der Waals surface area contributed by atoms with Gasteiger partial charge in [0.05, 0.1) is 17.6 Å². The van der Waals surface area contributed by atoms with Gasteiger partial charge in [0.25, 0.3) is 17.5 Å². The molecule has 2 N–H and O–H groups in total. The summed E-state index contributed by atoms with van der Waals surface area (Å²) in [5.41, 5.74) is 0.730. The summed E-state index contributed by atoms with van der Waals surface area (Å²) in [6.45, 7) is 0. The number of nitro groups is 1. The van der Waals surface area contributed by atoms with E-state index in [9.17, 15) is 24.1 Å². The number of anilines is 1. The maximum atomic E-state index is 13.1. The molecule has 0 saturated heterocycles. The van der Waals surface area contributed by atoms with Crippen molar-refractivity contribution >= 4 is 29.3 Å². The Kier molecular flexibility index (Phi) is 6.92. The summed E-state index contributed by atoms with van der Waals surface area (Å²) >= 11 is 0. The molecule has 3 aromatic carbocycles. The third-order valence-corrected chi connectivity index (χ3v) is 4.36. The normalized spacial score (nSPS) is 10.9. The molecule has 3 rings (SSSR count). The Labute approximate surface area is 182 Å². The van der Waals surface area contributed by atoms with E-state index in [1.54, 1.807) is 18.2 Å². The van der Waals surface area contributed by atoms with Gasteiger partial charge in [-0.25, -0.2) is 4.39 Å². The van der Waals surface area contributed by atoms with Gasteiger partial charge in [-0.1, -0.05) is 12.1 Å². The zero-order valence-corrected chi connectivity index (χ0v) is 16.9. The third-order valence-electron chi connectivity index (χ3n) is 4.36. The first-order valence-corrected chi connectivity index (χ1v) is 9.35. The number of para-hydroxylation sites is 1. The van der Waals surface area contributed by atoms with Crippen molar-refractivity contribution in [3.63, 3.8) is 0 Å². The maximum Gasteiger partial charge on any atom is 0.272 e. The number of hydrogen-bond donors (Lipinski definition) is 2. The van der Waals surface area contributed by atoms with Gasteiger partial charge in [-0.2, -0.15) is 0 Å². The minimum Gasteiger partial charge on any atom is -0.496 e. The summed E-state index contributed by atoms with van der Waals surface area (Å²) in [6, 6.07) is 17.1. The van der Waals surface area contributed by atoms with E-state index in [2.05, 4.69) is 10.6 Å². The number of amides is 2. The molecule has 0 aliphatic rings. The number of nitro benzene ring substituents is 1. The predicted molar refractivity (Wildman–Crippen MR) is 117 cm³/mol. The van der Waals surface area contributed by atoms with Crippen molar-refractivity contribution in [3.8, 4) is 5.75 Å². The van der Waals surface area contributed by atoms with E-state index < -0.39 is 22.6 Å². The van der Waals surface area contributed by atoms with E-state index in [0.717, 1.165) is 0 Å². The summed E-state index contributed by atoms with van der Waals surface area (Å²) in [7, 11) is 1.42. The molecule has 0 aliphatic heterocycles. The van der Waals surface area contributed by atoms with Crippen LogP contribution in [0.25, 0.3) is 6.08 Å². The van der Waals surface area contributed by atoms with Crippen LogP contribution in [0, 0.1) is 15.9 Å². The van der Waals surface area contributed by atoms with Crippen molar-refractivity contribution < 1.29 is 23.6 Å². The lowest BCUT2D eigenvalue weighted by Crippen LogP contribution is -2.31. The number of hydrogen-bond acceptors (Lipinski definition) is 5. The fourth-order valence-electron chi connectivity index (χ4n) is 2.77. The van der Waals surface area contributed by atoms with E-state index in [-0.39, 0.29) is 16.9 Å². The highest BCUT2D eigenvalue weighted by Crippen LogP contribution is 2.19. The van der Waals surface area contributed by atoms with Crippen molar-refractivity contribution in [1.82, 2.24) is 5.32 Å². The average molecular weight is 435 g/mol. The van der Waals surface area contributed by atoms with Gasteiger partial charge in [-0.3, -0.25) is 19.7 Å². The Morgan fingerprint density at radius 2 is 1.66 bits per heavy atom. The lowest BCUT2D eigenvalue weighted by atomic mass is 10.1. The number of non-ortho nitro benzene ring substituents is 1. The Morgan fingerprint density at radius 1 is 1.00 bits per heavy atom. The van der Waals surface area contributed by atoms with Gasteiger partial charge in [-0.05, 0) is 60.2 Å². The van der Waals surface area contributed by atoms with Crippen molar-refractivity contribution in [3.05, 3.63) is 106 Å². The molecule has 162 valence electrons. The first kappa shape index (κ1) is 22.2. The van der Waals surface area contributed by atoms with Crippen LogP contribution in [0.4, 0.5) is 15.8 Å². The smallest absolute Gasteiger partial charge is 0.272 e. The predicted octanol–water partition coefficient (Wildman–Crippen LogP) is 4.15. The van der Waals surface area contributed by atoms with Crippen LogP contribution in [-0.4, -0.2) is 23.8 Å². The number of carbonyl (C=O) groups is 2. The molecule has 32 heavy (non-hydrogen) atoms. The van der Waals surface area contributed by atoms with Gasteiger partial charge in [0.1, 0.15) is 17.3 Å². The molecule has 2 amide bonds. The maximum absolute atomic E-state index is 13.1. The number of nitrogens with one attached hydrogen (secondary N) is 2. The van der Waals surface area contributed by atoms with Gasteiger partial charge in [0.2, 0.25) is 0 Å². The number of ether oxygens (including phenoxy) is 1. The number of nitrogens with zero attached hydrogens (tertiary/aromatic N) is 1. The molecule has 0 unspecified atom stereocenters. The van der Waals surface area contributed by atoms with E-state index in [1.165, 1.54) is 67.8 Å². The molecule has 9 heteroatoms. The van der Waals surface area contributed by atoms with Gasteiger partial charge >= 0.3 is 0 Å². The standard InChI is InChI=1S/C23H18FN3O5/c1-32-21-5-3-2-4-19(21)22(28)26-20(14-15-6-12-18(13-7-15)27(30)31)23(29)25-17-10-8-16(24)9-11-17/h2-14H,1H3,(H,25,29)(H,26,28). The van der Waals surface area contributed by atoms with Crippen LogP contribution < -0.4 is 15.4 Å². The van der Waals surface area contributed by atoms with Crippen LogP contribution in [-0.2, 0) is 4.79 Å². The molecule has 3 aromatic rings. The second kappa shape index (κ2) is 9.98. The molecule has 0 bridgehead atoms. The zero-order chi connectivity index (χ0) is 23.1. The molecule has 0 spiro atoms. The first-order valence-electron chi connectivity index (χ1n) is 9.35. The summed E-state index contributed by atoms with van der Waals surface area (Å²) in [5.74, 6) is -1.41. The third kappa shape index (κ3) is 5.54. The van der Waals surface area contributed by atoms with Crippen molar-refractivity contribution in [1.29, 1.82) is 0 Å². The monoisotopic (exact) mass is 435 g/mol. The Morgan fingerprint density at radius 3 is 2.28 bits per heavy atom. The number of benzene rings is 3. The second-order valence-corrected chi connectivity index (χ2v) is 6.52. The molecule has 0 heterocycles. The summed E-state index contributed by atoms with van der Waals surface area (Å²) in [5, 5.41) is 16.0. The second-order valence-electron chi connectivity index (χ2n) is 6.52. The Bertz CT molecular complexity index is 1170. The first-order chi connectivity index (χ1) is 15.4. The molecule has 0 atom stereocenters. The highest BCUT2D eigenvalue weighted by Gasteiger charge is 2.18. The minimum atomic E-state index is -0.668. The van der Waals surface area contributed by atoms with Gasteiger partial charge in [0.15, 0.2) is 0 Å². The van der Waals surface area contributed by atoms with E-state index in [1.807, 2.05) is 0 Å². The molecular formula is C23H18FN3O5. The summed E-state index contributed by atoms with van der Waals surface area (Å²) < 4.78 is 18.3. The van der Waals surface area contributed by atoms with E-state index in [0.29, 0.717) is 17.0 Å². The Hall–Kier alpha value is -4.53. The largest absolute Gasteiger partial charge is 0.496 e. The van der Waals surface area contributed by atoms with Crippen molar-refractivity contribution in [2.45, 2.75) is 0 Å². The molecule has 0 radical (unpaired) electrons. The molecule has 0 fully saturated rings. The van der Waals surface area contributed by atoms with Crippen LogP contribution >= 0.6 is 0 Å². The highest BCUT2D eigenvalue weighted by molar-refractivity contribution is 6.11. The van der Waals surface area contributed by atoms with Crippen molar-refractivity contribution in [2.75, 3.05) is 12.4 Å². The SMILES string of the molecule is COc1ccccc1C(=O)NC(=Cc1ccc([N+](=O)[O-])cc1)C(=O)Nc1ccc(F)cc1. The fraction of sp³-hybridized carbons (Fsp3) is 0.0435. The van der Waals surface area contributed by atoms with Crippen LogP contribution in [0.2, 0.25) is 0 Å². The van der Waals surface area contributed by atoms with E-state index >= 15 is 0 Å². The molecule has 0 aromatic heterocycles. The number of halogens is 1. The van der Waals surface area contributed by atoms with Gasteiger partial charge < -0.3 is 15.4 Å². The quantitative estimate of drug-likeness (QED) is 0.329. The number of methoxy groups -OCH3 is 1.